The third-order valence-electron chi connectivity index (χ3n) is 17.3. The van der Waals surface area contributed by atoms with Crippen LogP contribution >= 0.6 is 0 Å². The van der Waals surface area contributed by atoms with Crippen molar-refractivity contribution in [3.8, 4) is 0 Å². The Morgan fingerprint density at radius 3 is 1.07 bits per heavy atom. The van der Waals surface area contributed by atoms with E-state index in [1.165, 1.54) is 283 Å². The van der Waals surface area contributed by atoms with Gasteiger partial charge in [-0.2, -0.15) is 0 Å². The Morgan fingerprint density at radius 2 is 0.714 bits per heavy atom. The van der Waals surface area contributed by atoms with Crippen LogP contribution in [0.3, 0.4) is 0 Å². The molecule has 7 unspecified atom stereocenters. The number of hydrogen-bond acceptors (Lipinski definition) is 8. The van der Waals surface area contributed by atoms with Gasteiger partial charge < -0.3 is 40.3 Å². The molecule has 1 amide bonds. The lowest BCUT2D eigenvalue weighted by atomic mass is 9.99. The summed E-state index contributed by atoms with van der Waals surface area (Å²) in [6, 6.07) is -0.831. The standard InChI is InChI=1S/C75H139NO8/c1-3-5-7-9-11-13-15-17-19-21-23-25-27-28-29-30-31-32-33-34-35-36-37-38-39-40-41-42-43-45-47-49-51-53-55-57-59-61-63-65-71(79)76-68(67-83-75-74(82)73(81)72(80)70(66-77)84-75)69(78)64-62-60-58-56-54-52-50-48-46-44-26-24-22-20-18-16-14-12-10-8-6-4-2/h31-32,34-35,46,48,54,56,62,64,68-70,72-75,77-78,80-82H,3-30,33,36-45,47,49-53,55,57-61,63,65-67H2,1-2H3,(H,76,79)/b32-31-,35-34-,48-46+,56-54+,64-62+. The number of aliphatic hydroxyl groups is 5. The van der Waals surface area contributed by atoms with Gasteiger partial charge in [0.05, 0.1) is 25.4 Å². The van der Waals surface area contributed by atoms with Crippen LogP contribution in [0, 0.1) is 0 Å². The van der Waals surface area contributed by atoms with E-state index < -0.39 is 49.5 Å². The van der Waals surface area contributed by atoms with Gasteiger partial charge in [0.25, 0.3) is 0 Å². The maximum Gasteiger partial charge on any atom is 0.220 e. The van der Waals surface area contributed by atoms with Crippen LogP contribution in [0.15, 0.2) is 60.8 Å². The molecule has 0 aromatic carbocycles. The molecule has 7 atom stereocenters. The maximum absolute atomic E-state index is 13.1. The van der Waals surface area contributed by atoms with Crippen LogP contribution in [0.5, 0.6) is 0 Å². The molecule has 0 spiro atoms. The second kappa shape index (κ2) is 63.9. The lowest BCUT2D eigenvalue weighted by molar-refractivity contribution is -0.302. The van der Waals surface area contributed by atoms with Crippen molar-refractivity contribution in [2.24, 2.45) is 0 Å². The fraction of sp³-hybridized carbons (Fsp3) is 0.853. The molecule has 9 heteroatoms. The molecule has 9 nitrogen and oxygen atoms in total. The molecule has 0 aromatic heterocycles. The van der Waals surface area contributed by atoms with Gasteiger partial charge in [-0.1, -0.05) is 331 Å². The molecular formula is C75H139NO8. The van der Waals surface area contributed by atoms with Crippen molar-refractivity contribution in [3.05, 3.63) is 60.8 Å². The Bertz CT molecular complexity index is 1510. The quantitative estimate of drug-likeness (QED) is 0.0261. The number of unbranched alkanes of at least 4 members (excludes halogenated alkanes) is 46. The highest BCUT2D eigenvalue weighted by Gasteiger charge is 2.44. The zero-order chi connectivity index (χ0) is 60.7. The lowest BCUT2D eigenvalue weighted by Crippen LogP contribution is -2.60. The van der Waals surface area contributed by atoms with E-state index in [-0.39, 0.29) is 12.5 Å². The first-order valence-electron chi connectivity index (χ1n) is 36.5. The highest BCUT2D eigenvalue weighted by atomic mass is 16.7. The molecule has 0 radical (unpaired) electrons. The highest BCUT2D eigenvalue weighted by Crippen LogP contribution is 2.23. The Kier molecular flexibility index (Phi) is 60.8. The number of allylic oxidation sites excluding steroid dienone is 9. The largest absolute Gasteiger partial charge is 0.394 e. The molecule has 0 bridgehead atoms. The molecule has 1 aliphatic heterocycles. The predicted octanol–water partition coefficient (Wildman–Crippen LogP) is 20.1. The van der Waals surface area contributed by atoms with Crippen molar-refractivity contribution in [2.75, 3.05) is 13.2 Å². The first-order valence-corrected chi connectivity index (χ1v) is 36.5. The molecule has 492 valence electrons. The first kappa shape index (κ1) is 79.9. The summed E-state index contributed by atoms with van der Waals surface area (Å²) in [5.74, 6) is -0.187. The van der Waals surface area contributed by atoms with Crippen LogP contribution in [0.4, 0.5) is 0 Å². The first-order chi connectivity index (χ1) is 41.3. The number of rotatable bonds is 64. The molecule has 1 fully saturated rings. The minimum absolute atomic E-state index is 0.187. The zero-order valence-corrected chi connectivity index (χ0v) is 55.2. The fourth-order valence-corrected chi connectivity index (χ4v) is 11.6. The zero-order valence-electron chi connectivity index (χ0n) is 55.2. The topological polar surface area (TPSA) is 149 Å². The van der Waals surface area contributed by atoms with E-state index in [0.29, 0.717) is 6.42 Å². The Morgan fingerprint density at radius 1 is 0.405 bits per heavy atom. The Labute approximate surface area is 519 Å². The summed E-state index contributed by atoms with van der Waals surface area (Å²) in [5.41, 5.74) is 0. The monoisotopic (exact) mass is 1180 g/mol. The molecular weight excluding hydrogens is 1040 g/mol. The normalized spacial score (nSPS) is 18.5. The molecule has 84 heavy (non-hydrogen) atoms. The average Bonchev–Trinajstić information content (AvgIpc) is 3.70. The fourth-order valence-electron chi connectivity index (χ4n) is 11.6. The molecule has 0 saturated carbocycles. The van der Waals surface area contributed by atoms with Gasteiger partial charge in [-0.05, 0) is 77.0 Å². The Hall–Kier alpha value is -2.11. The predicted molar refractivity (Wildman–Crippen MR) is 359 cm³/mol. The number of amides is 1. The van der Waals surface area contributed by atoms with E-state index in [0.717, 1.165) is 51.4 Å². The van der Waals surface area contributed by atoms with Crippen molar-refractivity contribution in [1.29, 1.82) is 0 Å². The summed E-state index contributed by atoms with van der Waals surface area (Å²) in [6.07, 6.45) is 82.1. The van der Waals surface area contributed by atoms with Crippen LogP contribution in [-0.4, -0.2) is 87.5 Å². The summed E-state index contributed by atoms with van der Waals surface area (Å²) in [7, 11) is 0. The second-order valence-corrected chi connectivity index (χ2v) is 25.4. The van der Waals surface area contributed by atoms with Crippen molar-refractivity contribution in [3.63, 3.8) is 0 Å². The molecule has 6 N–H and O–H groups in total. The van der Waals surface area contributed by atoms with Gasteiger partial charge >= 0.3 is 0 Å². The summed E-state index contributed by atoms with van der Waals surface area (Å²) < 4.78 is 11.3. The number of nitrogens with one attached hydrogen (secondary N) is 1. The maximum atomic E-state index is 13.1. The Balaban J connectivity index is 2.10. The van der Waals surface area contributed by atoms with Gasteiger partial charge in [-0.3, -0.25) is 4.79 Å². The van der Waals surface area contributed by atoms with Gasteiger partial charge in [-0.25, -0.2) is 0 Å². The number of ether oxygens (including phenoxy) is 2. The molecule has 1 rings (SSSR count). The van der Waals surface area contributed by atoms with Crippen molar-refractivity contribution in [2.45, 2.75) is 397 Å². The molecule has 1 heterocycles. The number of aliphatic hydroxyl groups excluding tert-OH is 5. The lowest BCUT2D eigenvalue weighted by Gasteiger charge is -2.40. The van der Waals surface area contributed by atoms with E-state index in [2.05, 4.69) is 67.8 Å². The third-order valence-corrected chi connectivity index (χ3v) is 17.3. The van der Waals surface area contributed by atoms with E-state index >= 15 is 0 Å². The summed E-state index contributed by atoms with van der Waals surface area (Å²) in [6.45, 7) is 3.80. The van der Waals surface area contributed by atoms with Crippen LogP contribution < -0.4 is 5.32 Å². The van der Waals surface area contributed by atoms with Gasteiger partial charge in [0.15, 0.2) is 6.29 Å². The average molecular weight is 1180 g/mol. The summed E-state index contributed by atoms with van der Waals surface area (Å²) in [4.78, 5) is 13.1. The highest BCUT2D eigenvalue weighted by molar-refractivity contribution is 5.76. The van der Waals surface area contributed by atoms with Crippen LogP contribution in [0.2, 0.25) is 0 Å². The number of carbonyl (C=O) groups is 1. The minimum Gasteiger partial charge on any atom is -0.394 e. The SMILES string of the molecule is CCCCCCCCCCCCCC/C=C/CC/C=C/CC/C=C/C(O)C(COC1OC(CO)C(O)C(O)C1O)NC(=O)CCCCCCCCCCCCCCCCCCC/C=C\C/C=C\CCCCCCCCCCCCCCCCC. The molecule has 1 aliphatic rings. The third kappa shape index (κ3) is 51.9. The van der Waals surface area contributed by atoms with Crippen molar-refractivity contribution < 1.29 is 39.8 Å². The van der Waals surface area contributed by atoms with E-state index in [1.807, 2.05) is 6.08 Å². The van der Waals surface area contributed by atoms with Crippen molar-refractivity contribution in [1.82, 2.24) is 5.32 Å². The van der Waals surface area contributed by atoms with Crippen LogP contribution in [0.25, 0.3) is 0 Å². The van der Waals surface area contributed by atoms with Gasteiger partial charge in [0, 0.05) is 6.42 Å². The van der Waals surface area contributed by atoms with E-state index in [4.69, 9.17) is 9.47 Å². The number of hydrogen-bond donors (Lipinski definition) is 6. The minimum atomic E-state index is -1.58. The summed E-state index contributed by atoms with van der Waals surface area (Å²) >= 11 is 0. The van der Waals surface area contributed by atoms with Gasteiger partial charge in [0.2, 0.25) is 5.91 Å². The summed E-state index contributed by atoms with van der Waals surface area (Å²) in [5, 5.41) is 54.7. The van der Waals surface area contributed by atoms with Gasteiger partial charge in [0.1, 0.15) is 24.4 Å². The van der Waals surface area contributed by atoms with E-state index in [9.17, 15) is 30.3 Å². The van der Waals surface area contributed by atoms with Gasteiger partial charge in [-0.15, -0.1) is 0 Å². The molecule has 0 aliphatic carbocycles. The number of carbonyl (C=O) groups excluding carboxylic acids is 1. The van der Waals surface area contributed by atoms with E-state index in [1.54, 1.807) is 6.08 Å². The smallest absolute Gasteiger partial charge is 0.220 e. The second-order valence-electron chi connectivity index (χ2n) is 25.4. The van der Waals surface area contributed by atoms with Crippen LogP contribution in [-0.2, 0) is 14.3 Å². The van der Waals surface area contributed by atoms with Crippen LogP contribution in [0.1, 0.15) is 354 Å². The molecule has 0 aromatic rings. The molecule has 1 saturated heterocycles. The van der Waals surface area contributed by atoms with Crippen molar-refractivity contribution >= 4 is 5.91 Å².